The van der Waals surface area contributed by atoms with Crippen molar-refractivity contribution in [2.24, 2.45) is 0 Å². The van der Waals surface area contributed by atoms with E-state index in [4.69, 9.17) is 0 Å². The molecule has 3 rings (SSSR count). The van der Waals surface area contributed by atoms with Crippen LogP contribution in [0.5, 0.6) is 0 Å². The van der Waals surface area contributed by atoms with Crippen LogP contribution in [0.2, 0.25) is 0 Å². The van der Waals surface area contributed by atoms with Gasteiger partial charge in [-0.1, -0.05) is 0 Å². The number of anilines is 1. The minimum Gasteiger partial charge on any atom is -0.328 e. The zero-order chi connectivity index (χ0) is 16.4. The summed E-state index contributed by atoms with van der Waals surface area (Å²) in [4.78, 5) is 26.7. The maximum atomic E-state index is 12.1. The van der Waals surface area contributed by atoms with Gasteiger partial charge in [-0.25, -0.2) is 14.5 Å². The van der Waals surface area contributed by atoms with Crippen molar-refractivity contribution in [3.05, 3.63) is 46.0 Å². The molecule has 2 amide bonds. The number of fused-ring (bicyclic) bond motifs is 1. The van der Waals surface area contributed by atoms with Crippen molar-refractivity contribution in [2.75, 3.05) is 5.32 Å². The first-order chi connectivity index (χ1) is 11.0. The van der Waals surface area contributed by atoms with Gasteiger partial charge in [-0.15, -0.1) is 0 Å². The van der Waals surface area contributed by atoms with Crippen LogP contribution in [0.25, 0.3) is 0 Å². The van der Waals surface area contributed by atoms with E-state index >= 15 is 0 Å². The lowest BCUT2D eigenvalue weighted by Gasteiger charge is -2.23. The monoisotopic (exact) mass is 316 g/mol. The van der Waals surface area contributed by atoms with Crippen LogP contribution in [-0.4, -0.2) is 25.7 Å². The smallest absolute Gasteiger partial charge is 0.319 e. The predicted molar refractivity (Wildman–Crippen MR) is 82.0 cm³/mol. The fourth-order valence-electron chi connectivity index (χ4n) is 2.69. The molecule has 1 aliphatic rings. The largest absolute Gasteiger partial charge is 0.328 e. The van der Waals surface area contributed by atoms with Crippen molar-refractivity contribution in [1.82, 2.24) is 20.1 Å². The number of nitrogens with zero attached hydrogens (tertiary/aromatic N) is 4. The Morgan fingerprint density at radius 3 is 3.04 bits per heavy atom. The Labute approximate surface area is 131 Å². The number of hydrogen-bond donors (Lipinski definition) is 2. The fraction of sp³-hybridized carbons (Fsp3) is 0.357. The first-order valence-corrected chi connectivity index (χ1v) is 7.25. The molecule has 0 saturated heterocycles. The molecule has 0 radical (unpaired) electrons. The van der Waals surface area contributed by atoms with Gasteiger partial charge in [0, 0.05) is 23.9 Å². The summed E-state index contributed by atoms with van der Waals surface area (Å²) in [5, 5.41) is 20.5. The molecular weight excluding hydrogens is 300 g/mol. The molecular formula is C14H16N6O3. The molecule has 1 aromatic carbocycles. The number of nitro benzene ring substituents is 1. The lowest BCUT2D eigenvalue weighted by atomic mass is 10.1. The molecule has 0 bridgehead atoms. The summed E-state index contributed by atoms with van der Waals surface area (Å²) in [6.07, 6.45) is 3.19. The molecule has 9 nitrogen and oxygen atoms in total. The van der Waals surface area contributed by atoms with Crippen LogP contribution in [0.4, 0.5) is 16.2 Å². The maximum Gasteiger partial charge on any atom is 0.319 e. The molecule has 0 unspecified atom stereocenters. The summed E-state index contributed by atoms with van der Waals surface area (Å²) in [6, 6.07) is 3.89. The van der Waals surface area contributed by atoms with Gasteiger partial charge < -0.3 is 10.6 Å². The van der Waals surface area contributed by atoms with Crippen LogP contribution in [0.1, 0.15) is 30.3 Å². The van der Waals surface area contributed by atoms with E-state index < -0.39 is 4.92 Å². The lowest BCUT2D eigenvalue weighted by Crippen LogP contribution is -2.36. The summed E-state index contributed by atoms with van der Waals surface area (Å²) < 4.78 is 1.78. The topological polar surface area (TPSA) is 115 Å². The summed E-state index contributed by atoms with van der Waals surface area (Å²) in [7, 11) is 0. The number of nitro groups is 1. The minimum absolute atomic E-state index is 0.0244. The highest BCUT2D eigenvalue weighted by molar-refractivity contribution is 5.89. The Kier molecular flexibility index (Phi) is 3.92. The number of rotatable bonds is 3. The van der Waals surface area contributed by atoms with Gasteiger partial charge in [0.1, 0.15) is 12.2 Å². The minimum atomic E-state index is -0.450. The van der Waals surface area contributed by atoms with Gasteiger partial charge in [0.05, 0.1) is 11.0 Å². The highest BCUT2D eigenvalue weighted by Crippen LogP contribution is 2.23. The van der Waals surface area contributed by atoms with Gasteiger partial charge >= 0.3 is 6.03 Å². The molecule has 0 fully saturated rings. The average Bonchev–Trinajstić information content (AvgIpc) is 2.96. The number of hydrogen-bond acceptors (Lipinski definition) is 5. The Balaban J connectivity index is 1.67. The predicted octanol–water partition coefficient (Wildman–Crippen LogP) is 2.15. The van der Waals surface area contributed by atoms with Crippen molar-refractivity contribution in [2.45, 2.75) is 32.4 Å². The molecule has 120 valence electrons. The molecule has 1 atom stereocenters. The number of carbonyl (C=O) groups excluding carboxylic acids is 1. The van der Waals surface area contributed by atoms with E-state index in [9.17, 15) is 14.9 Å². The van der Waals surface area contributed by atoms with E-state index in [0.29, 0.717) is 11.3 Å². The molecule has 0 saturated carbocycles. The van der Waals surface area contributed by atoms with Gasteiger partial charge in [-0.3, -0.25) is 10.1 Å². The summed E-state index contributed by atoms with van der Waals surface area (Å²) in [6.45, 7) is 2.43. The van der Waals surface area contributed by atoms with Crippen LogP contribution >= 0.6 is 0 Å². The number of urea groups is 1. The standard InChI is InChI=1S/C14H16N6O3/c1-9-7-10(4-5-12(9)20(22)23)17-14(21)18-11-3-2-6-19-13(11)15-8-16-19/h4-5,7-8,11H,2-3,6H2,1H3,(H2,17,18,21)/t11-/m1/s1. The number of aromatic nitrogens is 3. The van der Waals surface area contributed by atoms with E-state index in [1.807, 2.05) is 0 Å². The fourth-order valence-corrected chi connectivity index (χ4v) is 2.69. The number of benzene rings is 1. The van der Waals surface area contributed by atoms with Gasteiger partial charge in [-0.05, 0) is 31.9 Å². The Morgan fingerprint density at radius 2 is 2.30 bits per heavy atom. The SMILES string of the molecule is Cc1cc(NC(=O)N[C@@H]2CCCn3ncnc32)ccc1[N+](=O)[O-]. The van der Waals surface area contributed by atoms with Gasteiger partial charge in [0.2, 0.25) is 0 Å². The molecule has 0 aliphatic carbocycles. The average molecular weight is 316 g/mol. The molecule has 2 heterocycles. The van der Waals surface area contributed by atoms with Gasteiger partial charge in [-0.2, -0.15) is 5.10 Å². The maximum absolute atomic E-state index is 12.1. The first-order valence-electron chi connectivity index (χ1n) is 7.25. The number of carbonyl (C=O) groups is 1. The molecule has 1 aromatic heterocycles. The summed E-state index contributed by atoms with van der Waals surface area (Å²) >= 11 is 0. The molecule has 9 heteroatoms. The second-order valence-electron chi connectivity index (χ2n) is 5.39. The first kappa shape index (κ1) is 14.9. The molecule has 2 N–H and O–H groups in total. The van der Waals surface area contributed by atoms with E-state index in [2.05, 4.69) is 20.7 Å². The summed E-state index contributed by atoms with van der Waals surface area (Å²) in [5.74, 6) is 0.742. The van der Waals surface area contributed by atoms with E-state index in [-0.39, 0.29) is 17.8 Å². The highest BCUT2D eigenvalue weighted by atomic mass is 16.6. The van der Waals surface area contributed by atoms with Gasteiger partial charge in [0.25, 0.3) is 5.69 Å². The van der Waals surface area contributed by atoms with Crippen molar-refractivity contribution < 1.29 is 9.72 Å². The Morgan fingerprint density at radius 1 is 1.48 bits per heavy atom. The number of aryl methyl sites for hydroxylation is 2. The van der Waals surface area contributed by atoms with Crippen LogP contribution in [0.3, 0.4) is 0 Å². The highest BCUT2D eigenvalue weighted by Gasteiger charge is 2.24. The third-order valence-electron chi connectivity index (χ3n) is 3.78. The van der Waals surface area contributed by atoms with Crippen molar-refractivity contribution in [3.63, 3.8) is 0 Å². The van der Waals surface area contributed by atoms with E-state index in [0.717, 1.165) is 25.2 Å². The van der Waals surface area contributed by atoms with Crippen LogP contribution in [0, 0.1) is 17.0 Å². The molecule has 23 heavy (non-hydrogen) atoms. The third-order valence-corrected chi connectivity index (χ3v) is 3.78. The third kappa shape index (κ3) is 3.12. The van der Waals surface area contributed by atoms with Crippen molar-refractivity contribution >= 4 is 17.4 Å². The quantitative estimate of drug-likeness (QED) is 0.665. The van der Waals surface area contributed by atoms with E-state index in [1.54, 1.807) is 17.7 Å². The zero-order valence-corrected chi connectivity index (χ0v) is 12.5. The molecule has 2 aromatic rings. The number of nitrogens with one attached hydrogen (secondary N) is 2. The van der Waals surface area contributed by atoms with Gasteiger partial charge in [0.15, 0.2) is 0 Å². The van der Waals surface area contributed by atoms with Crippen molar-refractivity contribution in [1.29, 1.82) is 0 Å². The lowest BCUT2D eigenvalue weighted by molar-refractivity contribution is -0.385. The molecule has 1 aliphatic heterocycles. The van der Waals surface area contributed by atoms with E-state index in [1.165, 1.54) is 18.5 Å². The van der Waals surface area contributed by atoms with Crippen LogP contribution < -0.4 is 10.6 Å². The normalized spacial score (nSPS) is 16.5. The molecule has 0 spiro atoms. The van der Waals surface area contributed by atoms with Crippen LogP contribution in [-0.2, 0) is 6.54 Å². The summed E-state index contributed by atoms with van der Waals surface area (Å²) in [5.41, 5.74) is 1.02. The zero-order valence-electron chi connectivity index (χ0n) is 12.5. The Bertz CT molecular complexity index is 757. The second kappa shape index (κ2) is 6.03. The van der Waals surface area contributed by atoms with Crippen molar-refractivity contribution in [3.8, 4) is 0 Å². The van der Waals surface area contributed by atoms with Crippen LogP contribution in [0.15, 0.2) is 24.5 Å². The second-order valence-corrected chi connectivity index (χ2v) is 5.39. The Hall–Kier alpha value is -2.97. The number of amides is 2.